The zero-order valence-corrected chi connectivity index (χ0v) is 12.5. The molecule has 2 aromatic rings. The van der Waals surface area contributed by atoms with Gasteiger partial charge in [-0.25, -0.2) is 0 Å². The molecule has 0 saturated heterocycles. The van der Waals surface area contributed by atoms with Gasteiger partial charge in [-0.05, 0) is 31.5 Å². The maximum atomic E-state index is 11.6. The third-order valence-electron chi connectivity index (χ3n) is 3.12. The summed E-state index contributed by atoms with van der Waals surface area (Å²) in [5.74, 6) is 0.523. The van der Waals surface area contributed by atoms with Crippen molar-refractivity contribution in [1.29, 1.82) is 0 Å². The molecule has 0 N–H and O–H groups in total. The van der Waals surface area contributed by atoms with E-state index >= 15 is 0 Å². The van der Waals surface area contributed by atoms with Gasteiger partial charge in [0.15, 0.2) is 0 Å². The molecule has 3 heteroatoms. The lowest BCUT2D eigenvalue weighted by atomic mass is 10.2. The molecule has 0 aromatic heterocycles. The maximum absolute atomic E-state index is 11.6. The van der Waals surface area contributed by atoms with Crippen molar-refractivity contribution in [2.24, 2.45) is 0 Å². The summed E-state index contributed by atoms with van der Waals surface area (Å²) in [5, 5.41) is 0. The van der Waals surface area contributed by atoms with Crippen molar-refractivity contribution < 1.29 is 14.3 Å². The maximum Gasteiger partial charge on any atom is 0.309 e. The lowest BCUT2D eigenvalue weighted by Gasteiger charge is -2.07. The van der Waals surface area contributed by atoms with Crippen LogP contribution < -0.4 is 4.74 Å². The van der Waals surface area contributed by atoms with Gasteiger partial charge in [0, 0.05) is 0 Å². The predicted molar refractivity (Wildman–Crippen MR) is 82.3 cm³/mol. The molecule has 0 bridgehead atoms. The minimum absolute atomic E-state index is 0.248. The molecule has 2 aromatic carbocycles. The van der Waals surface area contributed by atoms with Crippen LogP contribution >= 0.6 is 0 Å². The molecule has 0 aliphatic rings. The van der Waals surface area contributed by atoms with Crippen molar-refractivity contribution in [2.75, 3.05) is 6.61 Å². The van der Waals surface area contributed by atoms with Crippen molar-refractivity contribution in [3.63, 3.8) is 0 Å². The number of rotatable bonds is 6. The number of benzene rings is 2. The number of ether oxygens (including phenoxy) is 2. The second-order valence-corrected chi connectivity index (χ2v) is 5.06. The fourth-order valence-corrected chi connectivity index (χ4v) is 1.81. The molecule has 3 nitrogen and oxygen atoms in total. The minimum Gasteiger partial charge on any atom is -0.493 e. The molecule has 110 valence electrons. The first-order chi connectivity index (χ1) is 10.1. The fraction of sp³-hybridized carbons (Fsp3) is 0.278. The van der Waals surface area contributed by atoms with Crippen LogP contribution in [0.3, 0.4) is 0 Å². The Balaban J connectivity index is 1.67. The zero-order chi connectivity index (χ0) is 15.1. The summed E-state index contributed by atoms with van der Waals surface area (Å²) in [7, 11) is 0. The summed E-state index contributed by atoms with van der Waals surface area (Å²) in [6.45, 7) is 4.68. The highest BCUT2D eigenvalue weighted by atomic mass is 16.5. The Bertz CT molecular complexity index is 570. The Morgan fingerprint density at radius 3 is 2.10 bits per heavy atom. The molecule has 0 aliphatic heterocycles. The summed E-state index contributed by atoms with van der Waals surface area (Å²) in [5.41, 5.74) is 3.37. The third-order valence-corrected chi connectivity index (χ3v) is 3.12. The van der Waals surface area contributed by atoms with Crippen molar-refractivity contribution >= 4 is 5.97 Å². The molecule has 0 fully saturated rings. The Hall–Kier alpha value is -2.29. The lowest BCUT2D eigenvalue weighted by Crippen LogP contribution is -2.09. The van der Waals surface area contributed by atoms with Crippen molar-refractivity contribution in [3.8, 4) is 5.75 Å². The van der Waals surface area contributed by atoms with Crippen molar-refractivity contribution in [1.82, 2.24) is 0 Å². The first kappa shape index (κ1) is 15.1. The fourth-order valence-electron chi connectivity index (χ4n) is 1.81. The standard InChI is InChI=1S/C18H20O3/c1-14-3-7-16(8-4-14)13-21-18(19)11-12-20-17-9-5-15(2)6-10-17/h3-10H,11-13H2,1-2H3. The van der Waals surface area contributed by atoms with Crippen LogP contribution in [0.5, 0.6) is 5.75 Å². The number of carbonyl (C=O) groups is 1. The highest BCUT2D eigenvalue weighted by molar-refractivity contribution is 5.69. The minimum atomic E-state index is -0.248. The van der Waals surface area contributed by atoms with Gasteiger partial charge in [0.2, 0.25) is 0 Å². The SMILES string of the molecule is Cc1ccc(COC(=O)CCOc2ccc(C)cc2)cc1. The van der Waals surface area contributed by atoms with Gasteiger partial charge >= 0.3 is 5.97 Å². The predicted octanol–water partition coefficient (Wildman–Crippen LogP) is 3.82. The molecule has 0 radical (unpaired) electrons. The normalized spacial score (nSPS) is 10.2. The summed E-state index contributed by atoms with van der Waals surface area (Å²) in [4.78, 5) is 11.6. The van der Waals surface area contributed by atoms with Gasteiger partial charge in [0.05, 0.1) is 13.0 Å². The van der Waals surface area contributed by atoms with Crippen molar-refractivity contribution in [3.05, 3.63) is 65.2 Å². The van der Waals surface area contributed by atoms with Gasteiger partial charge in [0.1, 0.15) is 12.4 Å². The zero-order valence-electron chi connectivity index (χ0n) is 12.5. The summed E-state index contributed by atoms with van der Waals surface area (Å²) < 4.78 is 10.7. The number of hydrogen-bond acceptors (Lipinski definition) is 3. The number of hydrogen-bond donors (Lipinski definition) is 0. The van der Waals surface area contributed by atoms with Crippen LogP contribution in [0.1, 0.15) is 23.1 Å². The molecular weight excluding hydrogens is 264 g/mol. The molecule has 0 atom stereocenters. The third kappa shape index (κ3) is 5.30. The summed E-state index contributed by atoms with van der Waals surface area (Å²) >= 11 is 0. The van der Waals surface area contributed by atoms with E-state index < -0.39 is 0 Å². The highest BCUT2D eigenvalue weighted by Gasteiger charge is 2.04. The van der Waals surface area contributed by atoms with Crippen LogP contribution in [-0.4, -0.2) is 12.6 Å². The first-order valence-electron chi connectivity index (χ1n) is 7.04. The summed E-state index contributed by atoms with van der Waals surface area (Å²) in [6.07, 6.45) is 0.250. The van der Waals surface area contributed by atoms with Gasteiger partial charge in [-0.1, -0.05) is 47.5 Å². The highest BCUT2D eigenvalue weighted by Crippen LogP contribution is 2.11. The Morgan fingerprint density at radius 2 is 1.48 bits per heavy atom. The van der Waals surface area contributed by atoms with Gasteiger partial charge in [0.25, 0.3) is 0 Å². The van der Waals surface area contributed by atoms with Crippen LogP contribution in [0.15, 0.2) is 48.5 Å². The largest absolute Gasteiger partial charge is 0.493 e. The number of carbonyl (C=O) groups excluding carboxylic acids is 1. The first-order valence-corrected chi connectivity index (χ1v) is 7.04. The molecule has 2 rings (SSSR count). The summed E-state index contributed by atoms with van der Waals surface area (Å²) in [6, 6.07) is 15.7. The van der Waals surface area contributed by atoms with Crippen LogP contribution in [0.2, 0.25) is 0 Å². The molecule has 0 unspecified atom stereocenters. The smallest absolute Gasteiger partial charge is 0.309 e. The van der Waals surface area contributed by atoms with E-state index in [4.69, 9.17) is 9.47 Å². The van der Waals surface area contributed by atoms with Gasteiger partial charge < -0.3 is 9.47 Å². The Morgan fingerprint density at radius 1 is 0.905 bits per heavy atom. The molecule has 0 saturated carbocycles. The van der Waals surface area contributed by atoms with Crippen LogP contribution in [0, 0.1) is 13.8 Å². The van der Waals surface area contributed by atoms with Crippen LogP contribution in [0.4, 0.5) is 0 Å². The molecule has 0 heterocycles. The Kier molecular flexibility index (Phi) is 5.38. The van der Waals surface area contributed by atoms with Gasteiger partial charge in [-0.3, -0.25) is 4.79 Å². The van der Waals surface area contributed by atoms with E-state index in [1.165, 1.54) is 11.1 Å². The second-order valence-electron chi connectivity index (χ2n) is 5.06. The second kappa shape index (κ2) is 7.48. The quantitative estimate of drug-likeness (QED) is 0.757. The number of aryl methyl sites for hydroxylation is 2. The van der Waals surface area contributed by atoms with E-state index in [1.54, 1.807) is 0 Å². The van der Waals surface area contributed by atoms with E-state index in [9.17, 15) is 4.79 Å². The Labute approximate surface area is 125 Å². The molecule has 0 aliphatic carbocycles. The van der Waals surface area contributed by atoms with Gasteiger partial charge in [-0.15, -0.1) is 0 Å². The molecule has 0 amide bonds. The van der Waals surface area contributed by atoms with E-state index in [1.807, 2.05) is 62.4 Å². The molecule has 21 heavy (non-hydrogen) atoms. The van der Waals surface area contributed by atoms with E-state index in [0.717, 1.165) is 11.3 Å². The lowest BCUT2D eigenvalue weighted by molar-refractivity contribution is -0.145. The van der Waals surface area contributed by atoms with E-state index in [-0.39, 0.29) is 12.4 Å². The van der Waals surface area contributed by atoms with Crippen molar-refractivity contribution in [2.45, 2.75) is 26.9 Å². The van der Waals surface area contributed by atoms with E-state index in [0.29, 0.717) is 13.2 Å². The van der Waals surface area contributed by atoms with Crippen LogP contribution in [-0.2, 0) is 16.1 Å². The average Bonchev–Trinajstić information content (AvgIpc) is 2.49. The molecule has 0 spiro atoms. The van der Waals surface area contributed by atoms with Gasteiger partial charge in [-0.2, -0.15) is 0 Å². The van der Waals surface area contributed by atoms with Crippen LogP contribution in [0.25, 0.3) is 0 Å². The monoisotopic (exact) mass is 284 g/mol. The topological polar surface area (TPSA) is 35.5 Å². The van der Waals surface area contributed by atoms with E-state index in [2.05, 4.69) is 0 Å². The number of esters is 1. The average molecular weight is 284 g/mol. The molecular formula is C18H20O3.